The van der Waals surface area contributed by atoms with Crippen molar-refractivity contribution >= 4 is 29.0 Å². The summed E-state index contributed by atoms with van der Waals surface area (Å²) in [6, 6.07) is 11.4. The maximum Gasteiger partial charge on any atom is 0.245 e. The zero-order valence-corrected chi connectivity index (χ0v) is 16.4. The number of hydrogen-bond acceptors (Lipinski definition) is 5. The Morgan fingerprint density at radius 1 is 1.37 bits per heavy atom. The molecule has 3 heterocycles. The smallest absolute Gasteiger partial charge is 0.245 e. The summed E-state index contributed by atoms with van der Waals surface area (Å²) in [4.78, 5) is 29.8. The molecule has 0 bridgehead atoms. The SMILES string of the molecule is C=CC(=O)N1CCC(/C=N\c2ncnc3[nH]c(C#CCOc4ccccc4)cc23)C1. The predicted molar refractivity (Wildman–Crippen MR) is 116 cm³/mol. The summed E-state index contributed by atoms with van der Waals surface area (Å²) in [5.74, 6) is 7.57. The van der Waals surface area contributed by atoms with Gasteiger partial charge in [-0.25, -0.2) is 15.0 Å². The molecule has 3 aromatic rings. The van der Waals surface area contributed by atoms with Gasteiger partial charge >= 0.3 is 0 Å². The minimum Gasteiger partial charge on any atom is -0.481 e. The Balaban J connectivity index is 1.43. The Kier molecular flexibility index (Phi) is 5.85. The molecule has 0 radical (unpaired) electrons. The number of hydrogen-bond donors (Lipinski definition) is 1. The molecular formula is C23H21N5O2. The number of aromatic nitrogens is 3. The molecule has 1 fully saturated rings. The predicted octanol–water partition coefficient (Wildman–Crippen LogP) is 3.13. The lowest BCUT2D eigenvalue weighted by Crippen LogP contribution is -2.26. The molecule has 1 amide bonds. The third-order valence-corrected chi connectivity index (χ3v) is 4.80. The van der Waals surface area contributed by atoms with Gasteiger partial charge in [0.05, 0.1) is 11.1 Å². The Labute approximate surface area is 174 Å². The number of benzene rings is 1. The van der Waals surface area contributed by atoms with Crippen LogP contribution >= 0.6 is 0 Å². The van der Waals surface area contributed by atoms with Gasteiger partial charge in [0.1, 0.15) is 24.3 Å². The van der Waals surface area contributed by atoms with Crippen LogP contribution in [0.5, 0.6) is 5.75 Å². The highest BCUT2D eigenvalue weighted by Crippen LogP contribution is 2.23. The number of likely N-dealkylation sites (tertiary alicyclic amines) is 1. The van der Waals surface area contributed by atoms with E-state index in [1.165, 1.54) is 12.4 Å². The quantitative estimate of drug-likeness (QED) is 0.406. The van der Waals surface area contributed by atoms with Gasteiger partial charge in [-0.1, -0.05) is 30.7 Å². The number of ether oxygens (including phenoxy) is 1. The van der Waals surface area contributed by atoms with Gasteiger partial charge in [0, 0.05) is 25.2 Å². The van der Waals surface area contributed by atoms with Crippen molar-refractivity contribution < 1.29 is 9.53 Å². The van der Waals surface area contributed by atoms with Crippen LogP contribution in [-0.2, 0) is 4.79 Å². The fourth-order valence-corrected chi connectivity index (χ4v) is 3.28. The van der Waals surface area contributed by atoms with Crippen LogP contribution in [0.3, 0.4) is 0 Å². The van der Waals surface area contributed by atoms with Crippen molar-refractivity contribution in [2.24, 2.45) is 10.9 Å². The van der Waals surface area contributed by atoms with Gasteiger partial charge in [-0.15, -0.1) is 0 Å². The van der Waals surface area contributed by atoms with E-state index >= 15 is 0 Å². The van der Waals surface area contributed by atoms with Gasteiger partial charge in [-0.2, -0.15) is 0 Å². The molecule has 0 saturated carbocycles. The summed E-state index contributed by atoms with van der Waals surface area (Å²) >= 11 is 0. The second kappa shape index (κ2) is 9.05. The Bertz CT molecular complexity index is 1140. The van der Waals surface area contributed by atoms with E-state index in [0.717, 1.165) is 29.8 Å². The molecule has 1 N–H and O–H groups in total. The fourth-order valence-electron chi connectivity index (χ4n) is 3.28. The maximum absolute atomic E-state index is 11.7. The average Bonchev–Trinajstić information content (AvgIpc) is 3.42. The minimum atomic E-state index is -0.0413. The molecule has 1 saturated heterocycles. The molecule has 7 nitrogen and oxygen atoms in total. The first-order chi connectivity index (χ1) is 14.7. The van der Waals surface area contributed by atoms with Crippen LogP contribution in [0.4, 0.5) is 5.82 Å². The van der Waals surface area contributed by atoms with Gasteiger partial charge in [-0.3, -0.25) is 4.79 Å². The van der Waals surface area contributed by atoms with Crippen LogP contribution in [0.15, 0.2) is 60.4 Å². The van der Waals surface area contributed by atoms with Gasteiger partial charge in [0.2, 0.25) is 5.91 Å². The molecule has 1 aliphatic rings. The number of nitrogens with one attached hydrogen (secondary N) is 1. The van der Waals surface area contributed by atoms with E-state index in [1.807, 2.05) is 42.6 Å². The average molecular weight is 399 g/mol. The number of nitrogens with zero attached hydrogens (tertiary/aromatic N) is 4. The molecule has 1 aliphatic heterocycles. The van der Waals surface area contributed by atoms with Crippen LogP contribution in [0.1, 0.15) is 12.1 Å². The molecule has 30 heavy (non-hydrogen) atoms. The normalized spacial score (nSPS) is 15.9. The van der Waals surface area contributed by atoms with Crippen molar-refractivity contribution in [1.29, 1.82) is 0 Å². The number of carbonyl (C=O) groups is 1. The van der Waals surface area contributed by atoms with E-state index in [0.29, 0.717) is 18.0 Å². The zero-order valence-electron chi connectivity index (χ0n) is 16.4. The Morgan fingerprint density at radius 3 is 3.07 bits per heavy atom. The topological polar surface area (TPSA) is 83.5 Å². The van der Waals surface area contributed by atoms with Crippen LogP contribution in [-0.4, -0.2) is 51.7 Å². The van der Waals surface area contributed by atoms with Gasteiger partial charge in [-0.05, 0) is 36.6 Å². The van der Waals surface area contributed by atoms with E-state index in [-0.39, 0.29) is 18.4 Å². The third-order valence-electron chi connectivity index (χ3n) is 4.80. The summed E-state index contributed by atoms with van der Waals surface area (Å²) in [7, 11) is 0. The molecule has 1 atom stereocenters. The largest absolute Gasteiger partial charge is 0.481 e. The summed E-state index contributed by atoms with van der Waals surface area (Å²) in [5.41, 5.74) is 1.41. The standard InChI is InChI=1S/C23H21N5O2/c1-2-21(29)28-11-10-17(15-28)14-24-22-20-13-18(27-23(20)26-16-25-22)7-6-12-30-19-8-4-3-5-9-19/h2-5,8-9,13-14,16-17H,1,10-12,15H2,(H,25,26,27)/b24-14-. The van der Waals surface area contributed by atoms with Crippen molar-refractivity contribution in [3.63, 3.8) is 0 Å². The molecule has 1 unspecified atom stereocenters. The lowest BCUT2D eigenvalue weighted by molar-refractivity contribution is -0.125. The lowest BCUT2D eigenvalue weighted by Gasteiger charge is -2.12. The van der Waals surface area contributed by atoms with Crippen molar-refractivity contribution in [1.82, 2.24) is 19.9 Å². The molecular weight excluding hydrogens is 378 g/mol. The second-order valence-corrected chi connectivity index (χ2v) is 6.86. The molecule has 0 spiro atoms. The minimum absolute atomic E-state index is 0.0413. The Hall–Kier alpha value is -3.92. The van der Waals surface area contributed by atoms with Crippen molar-refractivity contribution in [2.45, 2.75) is 6.42 Å². The van der Waals surface area contributed by atoms with E-state index in [1.54, 1.807) is 4.90 Å². The number of H-pyrrole nitrogens is 1. The van der Waals surface area contributed by atoms with Crippen molar-refractivity contribution in [2.75, 3.05) is 19.7 Å². The van der Waals surface area contributed by atoms with E-state index in [9.17, 15) is 4.79 Å². The number of fused-ring (bicyclic) bond motifs is 1. The molecule has 7 heteroatoms. The maximum atomic E-state index is 11.7. The van der Waals surface area contributed by atoms with Gasteiger partial charge < -0.3 is 14.6 Å². The van der Waals surface area contributed by atoms with Crippen molar-refractivity contribution in [3.05, 3.63) is 61.1 Å². The molecule has 2 aromatic heterocycles. The summed E-state index contributed by atoms with van der Waals surface area (Å²) < 4.78 is 5.58. The second-order valence-electron chi connectivity index (χ2n) is 6.86. The highest BCUT2D eigenvalue weighted by Gasteiger charge is 2.23. The van der Waals surface area contributed by atoms with Crippen LogP contribution in [0.25, 0.3) is 11.0 Å². The number of rotatable bonds is 5. The summed E-state index contributed by atoms with van der Waals surface area (Å²) in [5, 5.41) is 0.805. The highest BCUT2D eigenvalue weighted by atomic mass is 16.5. The number of carbonyl (C=O) groups excluding carboxylic acids is 1. The molecule has 1 aromatic carbocycles. The summed E-state index contributed by atoms with van der Waals surface area (Å²) in [6.07, 6.45) is 5.57. The lowest BCUT2D eigenvalue weighted by atomic mass is 10.1. The molecule has 0 aliphatic carbocycles. The number of aliphatic imine (C=N–C) groups is 1. The van der Waals surface area contributed by atoms with Crippen molar-refractivity contribution in [3.8, 4) is 17.6 Å². The Morgan fingerprint density at radius 2 is 2.23 bits per heavy atom. The summed E-state index contributed by atoms with van der Waals surface area (Å²) in [6.45, 7) is 5.19. The van der Waals surface area contributed by atoms with E-state index in [2.05, 4.69) is 38.4 Å². The van der Waals surface area contributed by atoms with Crippen LogP contribution in [0, 0.1) is 17.8 Å². The van der Waals surface area contributed by atoms with Crippen LogP contribution < -0.4 is 4.74 Å². The number of amides is 1. The highest BCUT2D eigenvalue weighted by molar-refractivity contribution is 5.89. The molecule has 150 valence electrons. The fraction of sp³-hybridized carbons (Fsp3) is 0.217. The monoisotopic (exact) mass is 399 g/mol. The number of aromatic amines is 1. The number of para-hydroxylation sites is 1. The van der Waals surface area contributed by atoms with E-state index in [4.69, 9.17) is 4.74 Å². The van der Waals surface area contributed by atoms with Crippen LogP contribution in [0.2, 0.25) is 0 Å². The van der Waals surface area contributed by atoms with Gasteiger partial charge in [0.15, 0.2) is 5.82 Å². The zero-order chi connectivity index (χ0) is 20.8. The molecule has 4 rings (SSSR count). The van der Waals surface area contributed by atoms with Gasteiger partial charge in [0.25, 0.3) is 0 Å². The first-order valence-corrected chi connectivity index (χ1v) is 9.69. The first-order valence-electron chi connectivity index (χ1n) is 9.69. The van der Waals surface area contributed by atoms with E-state index < -0.39 is 0 Å². The third kappa shape index (κ3) is 4.55. The first kappa shape index (κ1) is 19.4.